The minimum atomic E-state index is -4.49. The number of anilines is 2. The van der Waals surface area contributed by atoms with Crippen LogP contribution in [0, 0.1) is 0 Å². The Hall–Kier alpha value is -3.03. The quantitative estimate of drug-likeness (QED) is 0.636. The molecular weight excluding hydrogens is 383 g/mol. The van der Waals surface area contributed by atoms with Crippen molar-refractivity contribution in [1.82, 2.24) is 5.32 Å². The lowest BCUT2D eigenvalue weighted by Gasteiger charge is -2.22. The number of hydrogen-bond donors (Lipinski definition) is 3. The molecule has 29 heavy (non-hydrogen) atoms. The molecule has 0 bridgehead atoms. The van der Waals surface area contributed by atoms with E-state index in [-0.39, 0.29) is 23.3 Å². The van der Waals surface area contributed by atoms with Crippen LogP contribution in [0.3, 0.4) is 0 Å². The number of urea groups is 1. The van der Waals surface area contributed by atoms with Gasteiger partial charge in [-0.2, -0.15) is 13.2 Å². The van der Waals surface area contributed by atoms with Gasteiger partial charge in [0.05, 0.1) is 5.56 Å². The molecular formula is C21H22F3N3O2. The molecule has 3 amide bonds. The molecule has 1 aliphatic carbocycles. The predicted molar refractivity (Wildman–Crippen MR) is 105 cm³/mol. The third kappa shape index (κ3) is 5.97. The topological polar surface area (TPSA) is 70.2 Å². The van der Waals surface area contributed by atoms with Crippen LogP contribution in [0.25, 0.3) is 0 Å². The second-order valence-corrected chi connectivity index (χ2v) is 7.05. The van der Waals surface area contributed by atoms with E-state index in [0.717, 1.165) is 37.8 Å². The Morgan fingerprint density at radius 1 is 0.862 bits per heavy atom. The number of rotatable bonds is 4. The van der Waals surface area contributed by atoms with Crippen molar-refractivity contribution in [3.05, 3.63) is 59.7 Å². The van der Waals surface area contributed by atoms with E-state index in [2.05, 4.69) is 16.0 Å². The number of carbonyl (C=O) groups excluding carboxylic acids is 2. The van der Waals surface area contributed by atoms with Gasteiger partial charge < -0.3 is 16.0 Å². The standard InChI is InChI=1S/C21H22F3N3O2/c22-21(23,24)15-7-5-11-18(13-15)25-19(28)14-6-4-10-17(12-14)27-20(29)26-16-8-2-1-3-9-16/h4-7,10-13,16H,1-3,8-9H2,(H,25,28)(H2,26,27,29). The van der Waals surface area contributed by atoms with Gasteiger partial charge >= 0.3 is 12.2 Å². The van der Waals surface area contributed by atoms with Crippen LogP contribution in [0.5, 0.6) is 0 Å². The molecule has 5 nitrogen and oxygen atoms in total. The summed E-state index contributed by atoms with van der Waals surface area (Å²) in [5, 5.41) is 8.07. The molecule has 0 spiro atoms. The zero-order valence-corrected chi connectivity index (χ0v) is 15.7. The van der Waals surface area contributed by atoms with Crippen molar-refractivity contribution in [2.24, 2.45) is 0 Å². The Bertz CT molecular complexity index is 877. The fourth-order valence-electron chi connectivity index (χ4n) is 3.31. The predicted octanol–water partition coefficient (Wildman–Crippen LogP) is 5.41. The Labute approximate surface area is 166 Å². The summed E-state index contributed by atoms with van der Waals surface area (Å²) in [5.74, 6) is -0.569. The number of carbonyl (C=O) groups is 2. The molecule has 2 aromatic carbocycles. The molecule has 1 aliphatic rings. The Morgan fingerprint density at radius 3 is 2.21 bits per heavy atom. The van der Waals surface area contributed by atoms with Crippen LogP contribution >= 0.6 is 0 Å². The summed E-state index contributed by atoms with van der Waals surface area (Å²) in [6, 6.07) is 10.5. The summed E-state index contributed by atoms with van der Waals surface area (Å²) in [7, 11) is 0. The first kappa shape index (κ1) is 20.7. The number of hydrogen-bond acceptors (Lipinski definition) is 2. The van der Waals surface area contributed by atoms with E-state index in [0.29, 0.717) is 5.69 Å². The molecule has 1 saturated carbocycles. The molecule has 0 aliphatic heterocycles. The van der Waals surface area contributed by atoms with Gasteiger partial charge in [-0.3, -0.25) is 4.79 Å². The first-order valence-corrected chi connectivity index (χ1v) is 9.47. The molecule has 1 fully saturated rings. The van der Waals surface area contributed by atoms with Gasteiger partial charge in [-0.25, -0.2) is 4.79 Å². The smallest absolute Gasteiger partial charge is 0.335 e. The zero-order valence-electron chi connectivity index (χ0n) is 15.7. The first-order valence-electron chi connectivity index (χ1n) is 9.47. The van der Waals surface area contributed by atoms with Gasteiger partial charge in [-0.05, 0) is 49.2 Å². The molecule has 0 aromatic heterocycles. The summed E-state index contributed by atoms with van der Waals surface area (Å²) in [6.45, 7) is 0. The Kier molecular flexibility index (Phi) is 6.41. The normalized spacial score (nSPS) is 14.9. The molecule has 3 N–H and O–H groups in total. The van der Waals surface area contributed by atoms with Crippen molar-refractivity contribution in [3.8, 4) is 0 Å². The van der Waals surface area contributed by atoms with Crippen molar-refractivity contribution in [2.75, 3.05) is 10.6 Å². The van der Waals surface area contributed by atoms with Crippen LogP contribution < -0.4 is 16.0 Å². The van der Waals surface area contributed by atoms with Crippen molar-refractivity contribution in [1.29, 1.82) is 0 Å². The lowest BCUT2D eigenvalue weighted by molar-refractivity contribution is -0.137. The summed E-state index contributed by atoms with van der Waals surface area (Å²) in [6.07, 6.45) is 0.783. The van der Waals surface area contributed by atoms with Gasteiger partial charge in [0, 0.05) is 23.0 Å². The maximum atomic E-state index is 12.8. The number of benzene rings is 2. The van der Waals surface area contributed by atoms with Gasteiger partial charge in [-0.1, -0.05) is 31.4 Å². The van der Waals surface area contributed by atoms with E-state index in [1.54, 1.807) is 12.1 Å². The third-order valence-electron chi connectivity index (χ3n) is 4.77. The summed E-state index contributed by atoms with van der Waals surface area (Å²) < 4.78 is 38.4. The highest BCUT2D eigenvalue weighted by molar-refractivity contribution is 6.05. The highest BCUT2D eigenvalue weighted by Crippen LogP contribution is 2.30. The fourth-order valence-corrected chi connectivity index (χ4v) is 3.31. The highest BCUT2D eigenvalue weighted by atomic mass is 19.4. The van der Waals surface area contributed by atoms with E-state index in [9.17, 15) is 22.8 Å². The van der Waals surface area contributed by atoms with Gasteiger partial charge in [0.1, 0.15) is 0 Å². The van der Waals surface area contributed by atoms with Crippen molar-refractivity contribution in [3.63, 3.8) is 0 Å². The molecule has 0 heterocycles. The van der Waals surface area contributed by atoms with Crippen LogP contribution in [-0.2, 0) is 6.18 Å². The monoisotopic (exact) mass is 405 g/mol. The minimum absolute atomic E-state index is 0.0400. The molecule has 0 radical (unpaired) electrons. The highest BCUT2D eigenvalue weighted by Gasteiger charge is 2.30. The first-order chi connectivity index (χ1) is 13.8. The molecule has 8 heteroatoms. The largest absolute Gasteiger partial charge is 0.416 e. The van der Waals surface area contributed by atoms with Gasteiger partial charge in [-0.15, -0.1) is 0 Å². The Balaban J connectivity index is 1.62. The maximum Gasteiger partial charge on any atom is 0.416 e. The molecule has 2 aromatic rings. The molecule has 154 valence electrons. The van der Waals surface area contributed by atoms with Crippen molar-refractivity contribution in [2.45, 2.75) is 44.3 Å². The van der Waals surface area contributed by atoms with Crippen LogP contribution in [0.2, 0.25) is 0 Å². The second kappa shape index (κ2) is 8.98. The third-order valence-corrected chi connectivity index (χ3v) is 4.77. The van der Waals surface area contributed by atoms with Crippen LogP contribution in [0.4, 0.5) is 29.3 Å². The van der Waals surface area contributed by atoms with Gasteiger partial charge in [0.2, 0.25) is 0 Å². The Morgan fingerprint density at radius 2 is 1.52 bits per heavy atom. The van der Waals surface area contributed by atoms with Crippen LogP contribution in [-0.4, -0.2) is 18.0 Å². The van der Waals surface area contributed by atoms with Gasteiger partial charge in [0.15, 0.2) is 0 Å². The summed E-state index contributed by atoms with van der Waals surface area (Å²) in [5.41, 5.74) is -0.156. The average molecular weight is 405 g/mol. The van der Waals surface area contributed by atoms with Gasteiger partial charge in [0.25, 0.3) is 5.91 Å². The molecule has 0 unspecified atom stereocenters. The van der Waals surface area contributed by atoms with E-state index in [1.807, 2.05) is 0 Å². The lowest BCUT2D eigenvalue weighted by Crippen LogP contribution is -2.39. The van der Waals surface area contributed by atoms with E-state index in [1.165, 1.54) is 30.7 Å². The molecule has 3 rings (SSSR count). The number of alkyl halides is 3. The second-order valence-electron chi connectivity index (χ2n) is 7.05. The number of amides is 3. The number of halogens is 3. The van der Waals surface area contributed by atoms with Crippen molar-refractivity contribution < 1.29 is 22.8 Å². The minimum Gasteiger partial charge on any atom is -0.335 e. The number of nitrogens with one attached hydrogen (secondary N) is 3. The molecule has 0 saturated heterocycles. The molecule has 0 atom stereocenters. The average Bonchev–Trinajstić information content (AvgIpc) is 2.68. The van der Waals surface area contributed by atoms with Crippen molar-refractivity contribution >= 4 is 23.3 Å². The maximum absolute atomic E-state index is 12.8. The van der Waals surface area contributed by atoms with E-state index in [4.69, 9.17) is 0 Å². The lowest BCUT2D eigenvalue weighted by atomic mass is 9.96. The fraction of sp³-hybridized carbons (Fsp3) is 0.333. The van der Waals surface area contributed by atoms with Crippen LogP contribution in [0.1, 0.15) is 48.0 Å². The summed E-state index contributed by atoms with van der Waals surface area (Å²) >= 11 is 0. The zero-order chi connectivity index (χ0) is 20.9. The van der Waals surface area contributed by atoms with E-state index >= 15 is 0 Å². The van der Waals surface area contributed by atoms with Crippen LogP contribution in [0.15, 0.2) is 48.5 Å². The van der Waals surface area contributed by atoms with E-state index < -0.39 is 17.6 Å². The SMILES string of the molecule is O=C(Nc1cccc(C(=O)Nc2cccc(C(F)(F)F)c2)c1)NC1CCCCC1. The summed E-state index contributed by atoms with van der Waals surface area (Å²) in [4.78, 5) is 24.6.